The summed E-state index contributed by atoms with van der Waals surface area (Å²) < 4.78 is 36.9. The summed E-state index contributed by atoms with van der Waals surface area (Å²) in [7, 11) is 0. The van der Waals surface area contributed by atoms with Crippen LogP contribution < -0.4 is 5.32 Å². The third-order valence-corrected chi connectivity index (χ3v) is 4.46. The van der Waals surface area contributed by atoms with E-state index in [2.05, 4.69) is 15.3 Å². The van der Waals surface area contributed by atoms with Crippen molar-refractivity contribution in [2.24, 2.45) is 0 Å². The van der Waals surface area contributed by atoms with E-state index in [1.165, 1.54) is 24.4 Å². The highest BCUT2D eigenvalue weighted by molar-refractivity contribution is 6.05. The first kappa shape index (κ1) is 21.4. The number of carbonyl (C=O) groups excluding carboxylic acids is 1. The van der Waals surface area contributed by atoms with Gasteiger partial charge in [-0.15, -0.1) is 0 Å². The van der Waals surface area contributed by atoms with Gasteiger partial charge < -0.3 is 10.4 Å². The number of benzene rings is 1. The van der Waals surface area contributed by atoms with Crippen molar-refractivity contribution >= 4 is 28.7 Å². The van der Waals surface area contributed by atoms with Gasteiger partial charge in [0.15, 0.2) is 0 Å². The quantitative estimate of drug-likeness (QED) is 0.629. The monoisotopic (exact) mass is 415 g/mol. The molecule has 0 bridgehead atoms. The minimum Gasteiger partial charge on any atom is -0.386 e. The average Bonchev–Trinajstić information content (AvgIpc) is 2.64. The van der Waals surface area contributed by atoms with E-state index >= 15 is 0 Å². The summed E-state index contributed by atoms with van der Waals surface area (Å²) in [6.07, 6.45) is -0.262. The molecule has 0 aliphatic carbocycles. The molecule has 3 rings (SSSR count). The lowest BCUT2D eigenvalue weighted by atomic mass is 10.00. The molecule has 0 saturated carbocycles. The summed E-state index contributed by atoms with van der Waals surface area (Å²) in [5.74, 6) is -0.409. The van der Waals surface area contributed by atoms with Crippen molar-refractivity contribution in [1.82, 2.24) is 9.97 Å². The van der Waals surface area contributed by atoms with Gasteiger partial charge in [0.25, 0.3) is 5.91 Å². The zero-order valence-electron chi connectivity index (χ0n) is 16.6. The molecule has 156 valence electrons. The predicted molar refractivity (Wildman–Crippen MR) is 109 cm³/mol. The number of hydrogen-bond acceptors (Lipinski definition) is 4. The molecule has 0 unspecified atom stereocenters. The molecule has 5 nitrogen and oxygen atoms in total. The van der Waals surface area contributed by atoms with Gasteiger partial charge in [-0.1, -0.05) is 18.2 Å². The molecule has 0 spiro atoms. The number of pyridine rings is 2. The van der Waals surface area contributed by atoms with Crippen molar-refractivity contribution in [2.75, 3.05) is 5.32 Å². The Morgan fingerprint density at radius 1 is 1.07 bits per heavy atom. The number of aliphatic hydroxyl groups is 1. The lowest BCUT2D eigenvalue weighted by Crippen LogP contribution is -2.16. The maximum atomic E-state index is 12.6. The molecular formula is C22H20F3N3O2. The molecule has 0 aliphatic heterocycles. The van der Waals surface area contributed by atoms with Gasteiger partial charge in [-0.25, -0.2) is 0 Å². The number of fused-ring (bicyclic) bond motifs is 1. The van der Waals surface area contributed by atoms with Gasteiger partial charge in [0, 0.05) is 23.4 Å². The van der Waals surface area contributed by atoms with E-state index in [9.17, 15) is 23.1 Å². The average molecular weight is 415 g/mol. The fraction of sp³-hybridized carbons (Fsp3) is 0.227. The minimum atomic E-state index is -4.39. The second kappa shape index (κ2) is 7.87. The van der Waals surface area contributed by atoms with E-state index in [1.807, 2.05) is 0 Å². The number of alkyl halides is 3. The topological polar surface area (TPSA) is 75.1 Å². The number of amides is 1. The second-order valence-corrected chi connectivity index (χ2v) is 7.45. The molecule has 0 atom stereocenters. The number of aromatic nitrogens is 2. The van der Waals surface area contributed by atoms with Crippen molar-refractivity contribution in [1.29, 1.82) is 0 Å². The van der Waals surface area contributed by atoms with Crippen LogP contribution in [0.15, 0.2) is 48.8 Å². The molecule has 0 aliphatic rings. The molecule has 0 fully saturated rings. The second-order valence-electron chi connectivity index (χ2n) is 7.45. The van der Waals surface area contributed by atoms with E-state index in [4.69, 9.17) is 0 Å². The number of rotatable bonds is 4. The maximum absolute atomic E-state index is 12.6. The van der Waals surface area contributed by atoms with Gasteiger partial charge in [0.1, 0.15) is 0 Å². The van der Waals surface area contributed by atoms with Crippen molar-refractivity contribution < 1.29 is 23.1 Å². The molecule has 1 amide bonds. The Kier molecular flexibility index (Phi) is 5.63. The molecule has 2 aromatic heterocycles. The zero-order valence-corrected chi connectivity index (χ0v) is 16.6. The number of allylic oxidation sites excluding steroid dienone is 1. The van der Waals surface area contributed by atoms with Gasteiger partial charge in [-0.2, -0.15) is 13.2 Å². The smallest absolute Gasteiger partial charge is 0.386 e. The third-order valence-electron chi connectivity index (χ3n) is 4.46. The lowest BCUT2D eigenvalue weighted by Gasteiger charge is -2.17. The van der Waals surface area contributed by atoms with Crippen LogP contribution in [0.3, 0.4) is 0 Å². The summed E-state index contributed by atoms with van der Waals surface area (Å²) in [6, 6.07) is 7.82. The normalized spacial score (nSPS) is 12.5. The van der Waals surface area contributed by atoms with Crippen LogP contribution in [0.1, 0.15) is 40.9 Å². The molecule has 3 aromatic rings. The predicted octanol–water partition coefficient (Wildman–Crippen LogP) is 4.99. The fourth-order valence-corrected chi connectivity index (χ4v) is 2.84. The highest BCUT2D eigenvalue weighted by Crippen LogP contribution is 2.24. The van der Waals surface area contributed by atoms with Gasteiger partial charge in [-0.05, 0) is 50.1 Å². The van der Waals surface area contributed by atoms with E-state index in [1.54, 1.807) is 39.1 Å². The van der Waals surface area contributed by atoms with Crippen molar-refractivity contribution in [3.05, 3.63) is 71.1 Å². The summed E-state index contributed by atoms with van der Waals surface area (Å²) in [6.45, 7) is 4.95. The Morgan fingerprint density at radius 2 is 1.73 bits per heavy atom. The molecular weight excluding hydrogens is 395 g/mol. The van der Waals surface area contributed by atoms with Gasteiger partial charge >= 0.3 is 6.18 Å². The molecule has 2 N–H and O–H groups in total. The number of hydrogen-bond donors (Lipinski definition) is 2. The SMILES string of the molecule is Cc1cc(/C=C/C(F)(F)F)ccc1C(=O)Nc1cnc2cc(C(C)(C)O)cnc2c1. The largest absolute Gasteiger partial charge is 0.409 e. The first-order valence-electron chi connectivity index (χ1n) is 9.09. The van der Waals surface area contributed by atoms with Crippen LogP contribution in [0, 0.1) is 6.92 Å². The van der Waals surface area contributed by atoms with Crippen LogP contribution in [0.2, 0.25) is 0 Å². The van der Waals surface area contributed by atoms with Crippen LogP contribution in [0.25, 0.3) is 17.1 Å². The van der Waals surface area contributed by atoms with E-state index < -0.39 is 17.7 Å². The Balaban J connectivity index is 1.80. The lowest BCUT2D eigenvalue weighted by molar-refractivity contribution is -0.0790. The molecule has 0 saturated heterocycles. The van der Waals surface area contributed by atoms with Crippen molar-refractivity contribution in [3.63, 3.8) is 0 Å². The Labute approximate surface area is 171 Å². The van der Waals surface area contributed by atoms with Gasteiger partial charge in [-0.3, -0.25) is 14.8 Å². The van der Waals surface area contributed by atoms with Crippen LogP contribution >= 0.6 is 0 Å². The van der Waals surface area contributed by atoms with Crippen LogP contribution in [-0.4, -0.2) is 27.2 Å². The molecule has 8 heteroatoms. The minimum absolute atomic E-state index is 0.151. The molecule has 30 heavy (non-hydrogen) atoms. The van der Waals surface area contributed by atoms with Crippen LogP contribution in [0.4, 0.5) is 18.9 Å². The fourth-order valence-electron chi connectivity index (χ4n) is 2.84. The number of nitrogens with one attached hydrogen (secondary N) is 1. The van der Waals surface area contributed by atoms with E-state index in [0.717, 1.165) is 6.08 Å². The standard InChI is InChI=1S/C22H20F3N3O2/c1-13-8-14(6-7-22(23,24)25)4-5-17(13)20(29)28-16-10-19-18(27-12-16)9-15(11-26-19)21(2,3)30/h4-12,30H,1-3H3,(H,28,29)/b7-6+. The van der Waals surface area contributed by atoms with E-state index in [0.29, 0.717) is 39.0 Å². The number of nitrogens with zero attached hydrogens (tertiary/aromatic N) is 2. The number of carbonyl (C=O) groups is 1. The Morgan fingerprint density at radius 3 is 2.37 bits per heavy atom. The third kappa shape index (κ3) is 5.21. The van der Waals surface area contributed by atoms with Crippen molar-refractivity contribution in [2.45, 2.75) is 32.5 Å². The number of aryl methyl sites for hydroxylation is 1. The Bertz CT molecular complexity index is 1130. The number of anilines is 1. The summed E-state index contributed by atoms with van der Waals surface area (Å²) >= 11 is 0. The Hall–Kier alpha value is -3.26. The number of halogens is 3. The maximum Gasteiger partial charge on any atom is 0.409 e. The van der Waals surface area contributed by atoms with Gasteiger partial charge in [0.05, 0.1) is 28.5 Å². The molecule has 2 heterocycles. The van der Waals surface area contributed by atoms with E-state index in [-0.39, 0.29) is 6.08 Å². The summed E-state index contributed by atoms with van der Waals surface area (Å²) in [4.78, 5) is 21.2. The highest BCUT2D eigenvalue weighted by atomic mass is 19.4. The summed E-state index contributed by atoms with van der Waals surface area (Å²) in [5.41, 5.74) is 2.35. The highest BCUT2D eigenvalue weighted by Gasteiger charge is 2.22. The van der Waals surface area contributed by atoms with Gasteiger partial charge in [0.2, 0.25) is 0 Å². The summed E-state index contributed by atoms with van der Waals surface area (Å²) in [5, 5.41) is 12.8. The van der Waals surface area contributed by atoms with Crippen molar-refractivity contribution in [3.8, 4) is 0 Å². The van der Waals surface area contributed by atoms with Crippen LogP contribution in [-0.2, 0) is 5.60 Å². The molecule has 0 radical (unpaired) electrons. The first-order chi connectivity index (χ1) is 13.9. The zero-order chi connectivity index (χ0) is 22.1. The first-order valence-corrected chi connectivity index (χ1v) is 9.09. The van der Waals surface area contributed by atoms with Crippen LogP contribution in [0.5, 0.6) is 0 Å². The molecule has 1 aromatic carbocycles.